The van der Waals surface area contributed by atoms with Crippen molar-refractivity contribution in [2.24, 2.45) is 0 Å². The molecule has 9 nitrogen and oxygen atoms in total. The van der Waals surface area contributed by atoms with Crippen molar-refractivity contribution in [3.8, 4) is 0 Å². The van der Waals surface area contributed by atoms with E-state index in [1.54, 1.807) is 0 Å². The van der Waals surface area contributed by atoms with E-state index in [1.807, 2.05) is 21.1 Å². The first-order valence-corrected chi connectivity index (χ1v) is 34.4. The molecule has 0 aliphatic rings. The van der Waals surface area contributed by atoms with Gasteiger partial charge in [0, 0.05) is 12.8 Å². The molecule has 0 saturated heterocycles. The molecule has 0 aliphatic heterocycles. The summed E-state index contributed by atoms with van der Waals surface area (Å²) in [4.78, 5) is 37.3. The number of likely N-dealkylation sites (N-methyl/N-ethyl adjacent to an activating group) is 1. The summed E-state index contributed by atoms with van der Waals surface area (Å²) < 4.78 is 22.7. The predicted octanol–water partition coefficient (Wildman–Crippen LogP) is 19.9. The third-order valence-electron chi connectivity index (χ3n) is 14.8. The first kappa shape index (κ1) is 79.2. The van der Waals surface area contributed by atoms with Crippen molar-refractivity contribution in [1.29, 1.82) is 0 Å². The van der Waals surface area contributed by atoms with Gasteiger partial charge in [0.05, 0.1) is 40.3 Å². The second kappa shape index (κ2) is 64.2. The van der Waals surface area contributed by atoms with Crippen molar-refractivity contribution in [3.63, 3.8) is 0 Å². The number of hydrogen-bond acceptors (Lipinski definition) is 8. The zero-order valence-corrected chi connectivity index (χ0v) is 54.5. The Kier molecular flexibility index (Phi) is 61.3. The Bertz CT molecular complexity index is 1680. The van der Waals surface area contributed by atoms with Crippen molar-refractivity contribution in [2.45, 2.75) is 309 Å². The molecule has 0 rings (SSSR count). The number of ether oxygens (including phenoxy) is 4. The average Bonchev–Trinajstić information content (AvgIpc) is 3.46. The number of carbonyl (C=O) groups is 3. The van der Waals surface area contributed by atoms with Crippen LogP contribution < -0.4 is 5.11 Å². The first-order chi connectivity index (χ1) is 40.6. The van der Waals surface area contributed by atoms with E-state index in [9.17, 15) is 19.5 Å². The van der Waals surface area contributed by atoms with Crippen molar-refractivity contribution in [2.75, 3.05) is 47.5 Å². The van der Waals surface area contributed by atoms with Crippen LogP contribution >= 0.6 is 0 Å². The molecule has 0 aromatic heterocycles. The van der Waals surface area contributed by atoms with Crippen LogP contribution in [0.4, 0.5) is 0 Å². The molecule has 0 aromatic carbocycles. The number of carboxylic acids is 1. The molecule has 0 spiro atoms. The van der Waals surface area contributed by atoms with Gasteiger partial charge in [-0.2, -0.15) is 0 Å². The van der Waals surface area contributed by atoms with Gasteiger partial charge in [-0.3, -0.25) is 9.59 Å². The minimum absolute atomic E-state index is 0.134. The highest BCUT2D eigenvalue weighted by Gasteiger charge is 2.22. The van der Waals surface area contributed by atoms with Crippen LogP contribution in [0.25, 0.3) is 0 Å². The summed E-state index contributed by atoms with van der Waals surface area (Å²) >= 11 is 0. The molecule has 0 saturated carbocycles. The number of carboxylic acid groups (broad SMARTS) is 1. The topological polar surface area (TPSA) is 111 Å². The third kappa shape index (κ3) is 65.6. The fraction of sp³-hybridized carbons (Fsp3) is 0.743. The maximum absolute atomic E-state index is 12.8. The smallest absolute Gasteiger partial charge is 0.306 e. The Balaban J connectivity index is 3.97. The van der Waals surface area contributed by atoms with Gasteiger partial charge < -0.3 is 33.3 Å². The summed E-state index contributed by atoms with van der Waals surface area (Å²) in [5.74, 6) is -2.36. The Morgan fingerprint density at radius 1 is 0.373 bits per heavy atom. The van der Waals surface area contributed by atoms with Crippen molar-refractivity contribution >= 4 is 17.9 Å². The zero-order chi connectivity index (χ0) is 60.5. The van der Waals surface area contributed by atoms with E-state index >= 15 is 0 Å². The Labute approximate surface area is 512 Å². The van der Waals surface area contributed by atoms with E-state index in [4.69, 9.17) is 18.9 Å². The minimum Gasteiger partial charge on any atom is -0.545 e. The Morgan fingerprint density at radius 3 is 1.06 bits per heavy atom. The second-order valence-electron chi connectivity index (χ2n) is 24.1. The van der Waals surface area contributed by atoms with Gasteiger partial charge in [0.15, 0.2) is 12.4 Å². The molecule has 2 atom stereocenters. The molecule has 0 aliphatic carbocycles. The number of rotatable bonds is 63. The molecule has 0 radical (unpaired) electrons. The summed E-state index contributed by atoms with van der Waals surface area (Å²) in [6.07, 6.45) is 85.3. The molecule has 0 fully saturated rings. The highest BCUT2D eigenvalue weighted by Crippen LogP contribution is 2.17. The van der Waals surface area contributed by atoms with Gasteiger partial charge in [0.25, 0.3) is 0 Å². The number of esters is 2. The van der Waals surface area contributed by atoms with Crippen LogP contribution in [0.15, 0.2) is 97.2 Å². The number of carbonyl (C=O) groups excluding carboxylic acids is 3. The fourth-order valence-electron chi connectivity index (χ4n) is 9.58. The number of nitrogens with zero attached hydrogens (tertiary/aromatic N) is 1. The van der Waals surface area contributed by atoms with E-state index in [0.717, 1.165) is 64.2 Å². The number of unbranched alkanes of at least 4 members (excludes halogenated alkanes) is 32. The van der Waals surface area contributed by atoms with Gasteiger partial charge in [-0.1, -0.05) is 291 Å². The Hall–Kier alpha value is -3.79. The lowest BCUT2D eigenvalue weighted by atomic mass is 10.0. The Morgan fingerprint density at radius 2 is 0.699 bits per heavy atom. The quantitative estimate of drug-likeness (QED) is 0.0195. The molecule has 2 unspecified atom stereocenters. The van der Waals surface area contributed by atoms with Gasteiger partial charge in [0.2, 0.25) is 0 Å². The van der Waals surface area contributed by atoms with E-state index < -0.39 is 24.3 Å². The van der Waals surface area contributed by atoms with Crippen LogP contribution in [0.5, 0.6) is 0 Å². The number of quaternary nitrogens is 1. The maximum Gasteiger partial charge on any atom is 0.306 e. The fourth-order valence-corrected chi connectivity index (χ4v) is 9.58. The minimum atomic E-state index is -1.64. The molecule has 0 aromatic rings. The lowest BCUT2D eigenvalue weighted by Gasteiger charge is -2.26. The predicted molar refractivity (Wildman–Crippen MR) is 352 cm³/mol. The van der Waals surface area contributed by atoms with Crippen LogP contribution in [0.2, 0.25) is 0 Å². The van der Waals surface area contributed by atoms with E-state index in [-0.39, 0.29) is 38.6 Å². The van der Waals surface area contributed by atoms with E-state index in [2.05, 4.69) is 111 Å². The summed E-state index contributed by atoms with van der Waals surface area (Å²) in [7, 11) is 5.90. The normalized spacial score (nSPS) is 13.3. The van der Waals surface area contributed by atoms with Gasteiger partial charge in [0.1, 0.15) is 13.2 Å². The molecule has 0 amide bonds. The molecular weight excluding hydrogens is 1030 g/mol. The van der Waals surface area contributed by atoms with E-state index in [1.165, 1.54) is 193 Å². The maximum atomic E-state index is 12.8. The zero-order valence-electron chi connectivity index (χ0n) is 54.5. The second-order valence-corrected chi connectivity index (χ2v) is 24.1. The highest BCUT2D eigenvalue weighted by atomic mass is 16.7. The standard InChI is InChI=1S/C74H129NO8/c1-6-8-10-12-14-16-18-20-22-24-25-26-27-28-29-30-31-32-33-34-35-36-37-38-39-40-41-42-43-44-45-46-47-49-50-52-54-56-58-60-62-64-71(76)81-68-70(69-82-74(73(78)79)80-67-66-75(3,4)5)83-72(77)65-63-61-59-57-55-53-51-48-23-21-19-17-15-13-11-9-7-2/h9,11,15,17-18,20-21,23-25,27-28,51,53,57,59,70,74H,6-8,10,12-14,16,19,22,26,29-50,52,54-56,58,60-69H2,1-5H3/b11-9-,17-15-,20-18-,23-21-,25-24-,28-27-,53-51-,59-57-. The SMILES string of the molecule is CC/C=C\C/C=C\C/C=C\C/C=C\C/C=C\CCCC(=O)OC(COC(=O)CCCCCCCCCCCCCCCCCCCCCCCCCCCC/C=C\C/C=C\C/C=C\CCCCCCC)COC(OCC[N+](C)(C)C)C(=O)[O-]. The average molecular weight is 1160 g/mol. The van der Waals surface area contributed by atoms with Gasteiger partial charge in [-0.25, -0.2) is 0 Å². The van der Waals surface area contributed by atoms with Crippen LogP contribution in [0.3, 0.4) is 0 Å². The van der Waals surface area contributed by atoms with E-state index in [0.29, 0.717) is 23.9 Å². The lowest BCUT2D eigenvalue weighted by molar-refractivity contribution is -0.870. The monoisotopic (exact) mass is 1160 g/mol. The summed E-state index contributed by atoms with van der Waals surface area (Å²) in [5.41, 5.74) is 0. The molecule has 0 heterocycles. The van der Waals surface area contributed by atoms with Crippen LogP contribution in [0, 0.1) is 0 Å². The van der Waals surface area contributed by atoms with Crippen molar-refractivity contribution in [3.05, 3.63) is 97.2 Å². The highest BCUT2D eigenvalue weighted by molar-refractivity contribution is 5.70. The summed E-state index contributed by atoms with van der Waals surface area (Å²) in [5, 5.41) is 11.8. The van der Waals surface area contributed by atoms with Gasteiger partial charge in [-0.15, -0.1) is 0 Å². The van der Waals surface area contributed by atoms with Crippen molar-refractivity contribution < 1.29 is 42.9 Å². The molecule has 0 N–H and O–H groups in total. The molecular formula is C74H129NO8. The van der Waals surface area contributed by atoms with Gasteiger partial charge >= 0.3 is 11.9 Å². The number of aliphatic carboxylic acids is 1. The largest absolute Gasteiger partial charge is 0.545 e. The number of allylic oxidation sites excluding steroid dienone is 16. The molecule has 478 valence electrons. The molecule has 9 heteroatoms. The van der Waals surface area contributed by atoms with Crippen LogP contribution in [-0.2, 0) is 33.3 Å². The van der Waals surface area contributed by atoms with Crippen molar-refractivity contribution in [1.82, 2.24) is 0 Å². The van der Waals surface area contributed by atoms with Crippen LogP contribution in [0.1, 0.15) is 296 Å². The van der Waals surface area contributed by atoms with Gasteiger partial charge in [-0.05, 0) is 89.9 Å². The third-order valence-corrected chi connectivity index (χ3v) is 14.8. The van der Waals surface area contributed by atoms with Crippen LogP contribution in [-0.4, -0.2) is 82.3 Å². The molecule has 83 heavy (non-hydrogen) atoms. The molecule has 0 bridgehead atoms. The summed E-state index contributed by atoms with van der Waals surface area (Å²) in [6, 6.07) is 0. The lowest BCUT2D eigenvalue weighted by Crippen LogP contribution is -2.44. The number of hydrogen-bond donors (Lipinski definition) is 0. The first-order valence-electron chi connectivity index (χ1n) is 34.4. The summed E-state index contributed by atoms with van der Waals surface area (Å²) in [6.45, 7) is 4.57.